The molecule has 1 aromatic heterocycles. The van der Waals surface area contributed by atoms with E-state index < -0.39 is 0 Å². The Balaban J connectivity index is 1.94. The van der Waals surface area contributed by atoms with Crippen LogP contribution < -0.4 is 10.1 Å². The van der Waals surface area contributed by atoms with E-state index in [2.05, 4.69) is 45.4 Å². The lowest BCUT2D eigenvalue weighted by Crippen LogP contribution is -2.19. The van der Waals surface area contributed by atoms with Crippen molar-refractivity contribution in [2.24, 2.45) is 13.0 Å². The molecule has 0 amide bonds. The van der Waals surface area contributed by atoms with E-state index in [0.717, 1.165) is 29.0 Å². The molecule has 1 aromatic carbocycles. The predicted octanol–water partition coefficient (Wildman–Crippen LogP) is 2.90. The molecule has 0 aliphatic carbocycles. The van der Waals surface area contributed by atoms with Gasteiger partial charge in [-0.15, -0.1) is 5.10 Å². The van der Waals surface area contributed by atoms with Crippen LogP contribution in [0.1, 0.15) is 25.1 Å². The summed E-state index contributed by atoms with van der Waals surface area (Å²) in [4.78, 5) is 0. The van der Waals surface area contributed by atoms with Crippen LogP contribution in [0.3, 0.4) is 0 Å². The van der Waals surface area contributed by atoms with E-state index in [-0.39, 0.29) is 0 Å². The largest absolute Gasteiger partial charge is 0.487 e. The van der Waals surface area contributed by atoms with Crippen LogP contribution in [0.4, 0.5) is 0 Å². The molecule has 0 saturated carbocycles. The van der Waals surface area contributed by atoms with Gasteiger partial charge in [-0.2, -0.15) is 0 Å². The SMILES string of the molecule is CC(C)CNCc1cc(OCc2cn(C)nn2)ccc1Br. The van der Waals surface area contributed by atoms with Gasteiger partial charge in [-0.3, -0.25) is 4.68 Å². The lowest BCUT2D eigenvalue weighted by atomic mass is 10.2. The van der Waals surface area contributed by atoms with Crippen molar-refractivity contribution < 1.29 is 4.74 Å². The number of halogens is 1. The van der Waals surface area contributed by atoms with Crippen molar-refractivity contribution >= 4 is 15.9 Å². The van der Waals surface area contributed by atoms with Crippen LogP contribution in [-0.2, 0) is 20.2 Å². The molecule has 1 N–H and O–H groups in total. The summed E-state index contributed by atoms with van der Waals surface area (Å²) in [5.74, 6) is 1.48. The van der Waals surface area contributed by atoms with Crippen molar-refractivity contribution in [1.29, 1.82) is 0 Å². The van der Waals surface area contributed by atoms with Gasteiger partial charge in [0.2, 0.25) is 0 Å². The standard InChI is InChI=1S/C15H21BrN4O/c1-11(2)7-17-8-12-6-14(4-5-15(12)16)21-10-13-9-20(3)19-18-13/h4-6,9,11,17H,7-8,10H2,1-3H3. The molecule has 0 radical (unpaired) electrons. The van der Waals surface area contributed by atoms with Gasteiger partial charge in [-0.1, -0.05) is 35.0 Å². The molecule has 0 saturated heterocycles. The van der Waals surface area contributed by atoms with E-state index in [0.29, 0.717) is 12.5 Å². The highest BCUT2D eigenvalue weighted by Crippen LogP contribution is 2.23. The molecule has 0 aliphatic rings. The molecular weight excluding hydrogens is 332 g/mol. The normalized spacial score (nSPS) is 11.1. The number of hydrogen-bond donors (Lipinski definition) is 1. The zero-order valence-electron chi connectivity index (χ0n) is 12.6. The van der Waals surface area contributed by atoms with Crippen molar-refractivity contribution in [2.75, 3.05) is 6.54 Å². The van der Waals surface area contributed by atoms with Gasteiger partial charge in [-0.25, -0.2) is 0 Å². The fourth-order valence-electron chi connectivity index (χ4n) is 1.89. The number of benzene rings is 1. The van der Waals surface area contributed by atoms with E-state index in [1.807, 2.05) is 31.4 Å². The Hall–Kier alpha value is -1.40. The van der Waals surface area contributed by atoms with Crippen LogP contribution in [-0.4, -0.2) is 21.5 Å². The maximum absolute atomic E-state index is 5.76. The summed E-state index contributed by atoms with van der Waals surface area (Å²) >= 11 is 3.58. The van der Waals surface area contributed by atoms with Gasteiger partial charge in [0.1, 0.15) is 18.1 Å². The van der Waals surface area contributed by atoms with E-state index in [9.17, 15) is 0 Å². The monoisotopic (exact) mass is 352 g/mol. The predicted molar refractivity (Wildman–Crippen MR) is 86.0 cm³/mol. The molecule has 0 spiro atoms. The summed E-state index contributed by atoms with van der Waals surface area (Å²) in [5.41, 5.74) is 2.01. The average Bonchev–Trinajstić information content (AvgIpc) is 2.85. The topological polar surface area (TPSA) is 52.0 Å². The quantitative estimate of drug-likeness (QED) is 0.832. The minimum absolute atomic E-state index is 0.425. The molecule has 21 heavy (non-hydrogen) atoms. The van der Waals surface area contributed by atoms with Gasteiger partial charge in [0.05, 0.1) is 6.20 Å². The first-order valence-electron chi connectivity index (χ1n) is 7.01. The molecule has 0 unspecified atom stereocenters. The minimum atomic E-state index is 0.425. The second-order valence-corrected chi connectivity index (χ2v) is 6.30. The fraction of sp³-hybridized carbons (Fsp3) is 0.467. The van der Waals surface area contributed by atoms with Crippen LogP contribution >= 0.6 is 15.9 Å². The highest BCUT2D eigenvalue weighted by molar-refractivity contribution is 9.10. The van der Waals surface area contributed by atoms with E-state index in [4.69, 9.17) is 4.74 Å². The third-order valence-corrected chi connectivity index (χ3v) is 3.70. The first-order chi connectivity index (χ1) is 10.0. The van der Waals surface area contributed by atoms with Crippen molar-refractivity contribution in [3.8, 4) is 5.75 Å². The molecule has 0 atom stereocenters. The van der Waals surface area contributed by atoms with Crippen LogP contribution in [0, 0.1) is 5.92 Å². The molecule has 0 aliphatic heterocycles. The first kappa shape index (κ1) is 16.0. The Kier molecular flexibility index (Phi) is 5.76. The van der Waals surface area contributed by atoms with Gasteiger partial charge in [0.25, 0.3) is 0 Å². The maximum Gasteiger partial charge on any atom is 0.134 e. The third-order valence-electron chi connectivity index (χ3n) is 2.92. The van der Waals surface area contributed by atoms with E-state index in [1.54, 1.807) is 4.68 Å². The number of rotatable bonds is 7. The summed E-state index contributed by atoms with van der Waals surface area (Å²) in [5, 5.41) is 11.3. The van der Waals surface area contributed by atoms with Gasteiger partial charge >= 0.3 is 0 Å². The zero-order valence-corrected chi connectivity index (χ0v) is 14.2. The summed E-state index contributed by atoms with van der Waals surface area (Å²) in [6.07, 6.45) is 1.85. The second-order valence-electron chi connectivity index (χ2n) is 5.45. The summed E-state index contributed by atoms with van der Waals surface area (Å²) in [7, 11) is 1.84. The number of hydrogen-bond acceptors (Lipinski definition) is 4. The molecule has 2 aromatic rings. The van der Waals surface area contributed by atoms with Crippen LogP contribution in [0.25, 0.3) is 0 Å². The highest BCUT2D eigenvalue weighted by Gasteiger charge is 2.05. The van der Waals surface area contributed by atoms with Crippen LogP contribution in [0.15, 0.2) is 28.9 Å². The molecular formula is C15H21BrN4O. The summed E-state index contributed by atoms with van der Waals surface area (Å²) in [6, 6.07) is 6.01. The Morgan fingerprint density at radius 3 is 2.86 bits per heavy atom. The molecule has 0 fully saturated rings. The second kappa shape index (κ2) is 7.56. The molecule has 5 nitrogen and oxygen atoms in total. The number of aromatic nitrogens is 3. The molecule has 2 rings (SSSR count). The van der Waals surface area contributed by atoms with E-state index in [1.165, 1.54) is 5.56 Å². The van der Waals surface area contributed by atoms with Gasteiger partial charge in [0.15, 0.2) is 0 Å². The third kappa shape index (κ3) is 5.13. The summed E-state index contributed by atoms with van der Waals surface area (Å²) < 4.78 is 8.52. The Labute approximate surface area is 133 Å². The number of nitrogens with one attached hydrogen (secondary N) is 1. The minimum Gasteiger partial charge on any atom is -0.487 e. The number of ether oxygens (including phenoxy) is 1. The molecule has 6 heteroatoms. The van der Waals surface area contributed by atoms with Crippen molar-refractivity contribution in [1.82, 2.24) is 20.3 Å². The lowest BCUT2D eigenvalue weighted by Gasteiger charge is -2.11. The van der Waals surface area contributed by atoms with Crippen molar-refractivity contribution in [3.63, 3.8) is 0 Å². The van der Waals surface area contributed by atoms with Gasteiger partial charge < -0.3 is 10.1 Å². The Bertz CT molecular complexity index is 583. The first-order valence-corrected chi connectivity index (χ1v) is 7.81. The Morgan fingerprint density at radius 2 is 2.19 bits per heavy atom. The van der Waals surface area contributed by atoms with Gasteiger partial charge in [-0.05, 0) is 36.2 Å². The summed E-state index contributed by atoms with van der Waals surface area (Å²) in [6.45, 7) is 6.64. The average molecular weight is 353 g/mol. The molecule has 1 heterocycles. The number of nitrogens with zero attached hydrogens (tertiary/aromatic N) is 3. The fourth-order valence-corrected chi connectivity index (χ4v) is 2.28. The van der Waals surface area contributed by atoms with Crippen LogP contribution in [0.5, 0.6) is 5.75 Å². The van der Waals surface area contributed by atoms with Crippen molar-refractivity contribution in [3.05, 3.63) is 40.1 Å². The smallest absolute Gasteiger partial charge is 0.134 e. The number of aryl methyl sites for hydroxylation is 1. The van der Waals surface area contributed by atoms with Gasteiger partial charge in [0, 0.05) is 18.1 Å². The van der Waals surface area contributed by atoms with Crippen molar-refractivity contribution in [2.45, 2.75) is 27.0 Å². The highest BCUT2D eigenvalue weighted by atomic mass is 79.9. The maximum atomic E-state index is 5.76. The lowest BCUT2D eigenvalue weighted by molar-refractivity contribution is 0.300. The van der Waals surface area contributed by atoms with E-state index >= 15 is 0 Å². The molecule has 114 valence electrons. The Morgan fingerprint density at radius 1 is 1.38 bits per heavy atom. The van der Waals surface area contributed by atoms with Crippen LogP contribution in [0.2, 0.25) is 0 Å². The molecule has 0 bridgehead atoms. The zero-order chi connectivity index (χ0) is 15.2.